The van der Waals surface area contributed by atoms with Gasteiger partial charge in [-0.05, 0) is 43.7 Å². The van der Waals surface area contributed by atoms with E-state index >= 15 is 0 Å². The van der Waals surface area contributed by atoms with E-state index in [2.05, 4.69) is 10.5 Å². The molecule has 0 spiro atoms. The van der Waals surface area contributed by atoms with Crippen LogP contribution in [0.1, 0.15) is 27.0 Å². The molecule has 1 amide bonds. The fraction of sp³-hybridized carbons (Fsp3) is 0.111. The number of amides is 1. The number of rotatable bonds is 5. The summed E-state index contributed by atoms with van der Waals surface area (Å²) in [4.78, 5) is 22.5. The molecule has 2 rings (SSSR count). The Labute approximate surface area is 139 Å². The fourth-order valence-corrected chi connectivity index (χ4v) is 2.21. The number of nitrogens with zero attached hydrogens (tertiary/aromatic N) is 2. The van der Waals surface area contributed by atoms with E-state index in [0.29, 0.717) is 11.1 Å². The number of nitro benzene ring substituents is 1. The minimum Gasteiger partial charge on any atom is -0.267 e. The Morgan fingerprint density at radius 1 is 1.21 bits per heavy atom. The summed E-state index contributed by atoms with van der Waals surface area (Å²) < 4.78 is 0. The predicted molar refractivity (Wildman–Crippen MR) is 94.0 cm³/mol. The maximum Gasteiger partial charge on any atom is 0.276 e. The summed E-state index contributed by atoms with van der Waals surface area (Å²) in [5, 5.41) is 14.7. The van der Waals surface area contributed by atoms with Crippen LogP contribution in [0, 0.1) is 24.0 Å². The van der Waals surface area contributed by atoms with Crippen molar-refractivity contribution < 1.29 is 9.72 Å². The maximum atomic E-state index is 12.0. The van der Waals surface area contributed by atoms with Gasteiger partial charge in [0, 0.05) is 17.8 Å². The molecule has 0 saturated carbocycles. The van der Waals surface area contributed by atoms with Crippen molar-refractivity contribution in [1.29, 1.82) is 0 Å². The first kappa shape index (κ1) is 17.1. The Morgan fingerprint density at radius 3 is 2.67 bits per heavy atom. The van der Waals surface area contributed by atoms with Crippen molar-refractivity contribution in [1.82, 2.24) is 5.43 Å². The van der Waals surface area contributed by atoms with Crippen LogP contribution in [0.5, 0.6) is 0 Å². The third kappa shape index (κ3) is 4.36. The van der Waals surface area contributed by atoms with Crippen molar-refractivity contribution in [3.05, 3.63) is 80.9 Å². The summed E-state index contributed by atoms with van der Waals surface area (Å²) >= 11 is 0. The Bertz CT molecular complexity index is 826. The zero-order valence-electron chi connectivity index (χ0n) is 13.4. The summed E-state index contributed by atoms with van der Waals surface area (Å²) in [6, 6.07) is 11.9. The second kappa shape index (κ2) is 7.82. The maximum absolute atomic E-state index is 12.0. The summed E-state index contributed by atoms with van der Waals surface area (Å²) in [6.45, 7) is 3.82. The third-order valence-corrected chi connectivity index (χ3v) is 3.36. The quantitative estimate of drug-likeness (QED) is 0.518. The van der Waals surface area contributed by atoms with Crippen LogP contribution in [-0.4, -0.2) is 17.0 Å². The standard InChI is InChI=1S/C18H17N3O3/c1-13-9-10-16(14(2)12-13)18(22)20-19-11-5-7-15-6-3-4-8-17(15)21(23)24/h3-12H,1-2H3,(H,20,22)/b7-5+,19-11-. The molecule has 0 atom stereocenters. The Kier molecular flexibility index (Phi) is 5.57. The number of carbonyl (C=O) groups is 1. The van der Waals surface area contributed by atoms with Crippen LogP contribution in [0.3, 0.4) is 0 Å². The number of hydrogen-bond donors (Lipinski definition) is 1. The van der Waals surface area contributed by atoms with Gasteiger partial charge in [-0.2, -0.15) is 5.10 Å². The molecule has 1 N–H and O–H groups in total. The highest BCUT2D eigenvalue weighted by atomic mass is 16.6. The number of hydrazone groups is 1. The minimum absolute atomic E-state index is 0.0152. The number of allylic oxidation sites excluding steroid dienone is 1. The number of aryl methyl sites for hydroxylation is 2. The van der Waals surface area contributed by atoms with E-state index in [0.717, 1.165) is 11.1 Å². The molecule has 0 heterocycles. The van der Waals surface area contributed by atoms with Gasteiger partial charge >= 0.3 is 0 Å². The molecule has 2 aromatic carbocycles. The Balaban J connectivity index is 2.00. The van der Waals surface area contributed by atoms with Crippen LogP contribution in [-0.2, 0) is 0 Å². The van der Waals surface area contributed by atoms with Gasteiger partial charge in [0.15, 0.2) is 0 Å². The first-order chi connectivity index (χ1) is 11.5. The molecule has 6 heteroatoms. The molecule has 2 aromatic rings. The molecule has 0 aliphatic carbocycles. The van der Waals surface area contributed by atoms with Gasteiger partial charge in [-0.15, -0.1) is 0 Å². The zero-order valence-corrected chi connectivity index (χ0v) is 13.4. The largest absolute Gasteiger partial charge is 0.276 e. The SMILES string of the molecule is Cc1ccc(C(=O)N/N=C\C=C\c2ccccc2[N+](=O)[O-])c(C)c1. The summed E-state index contributed by atoms with van der Waals surface area (Å²) in [5.41, 5.74) is 5.42. The average molecular weight is 323 g/mol. The third-order valence-electron chi connectivity index (χ3n) is 3.36. The van der Waals surface area contributed by atoms with E-state index in [4.69, 9.17) is 0 Å². The first-order valence-corrected chi connectivity index (χ1v) is 7.30. The van der Waals surface area contributed by atoms with Gasteiger partial charge in [-0.1, -0.05) is 29.8 Å². The van der Waals surface area contributed by atoms with E-state index in [1.807, 2.05) is 26.0 Å². The van der Waals surface area contributed by atoms with Crippen molar-refractivity contribution in [3.8, 4) is 0 Å². The molecule has 0 aromatic heterocycles. The lowest BCUT2D eigenvalue weighted by Crippen LogP contribution is -2.18. The van der Waals surface area contributed by atoms with Crippen molar-refractivity contribution in [2.45, 2.75) is 13.8 Å². The number of hydrogen-bond acceptors (Lipinski definition) is 4. The molecule has 24 heavy (non-hydrogen) atoms. The van der Waals surface area contributed by atoms with E-state index in [-0.39, 0.29) is 11.6 Å². The number of carbonyl (C=O) groups excluding carboxylic acids is 1. The molecule has 6 nitrogen and oxygen atoms in total. The number of benzene rings is 2. The van der Waals surface area contributed by atoms with Crippen LogP contribution < -0.4 is 5.43 Å². The van der Waals surface area contributed by atoms with Crippen molar-refractivity contribution in [3.63, 3.8) is 0 Å². The molecule has 0 aliphatic heterocycles. The van der Waals surface area contributed by atoms with Gasteiger partial charge in [0.2, 0.25) is 0 Å². The van der Waals surface area contributed by atoms with Crippen molar-refractivity contribution in [2.75, 3.05) is 0 Å². The normalized spacial score (nSPS) is 11.1. The second-order valence-electron chi connectivity index (χ2n) is 5.21. The molecular formula is C18H17N3O3. The van der Waals surface area contributed by atoms with Gasteiger partial charge in [0.1, 0.15) is 0 Å². The lowest BCUT2D eigenvalue weighted by Gasteiger charge is -2.04. The molecule has 0 bridgehead atoms. The van der Waals surface area contributed by atoms with E-state index in [9.17, 15) is 14.9 Å². The van der Waals surface area contributed by atoms with Gasteiger partial charge in [0.25, 0.3) is 11.6 Å². The topological polar surface area (TPSA) is 84.6 Å². The second-order valence-corrected chi connectivity index (χ2v) is 5.21. The van der Waals surface area contributed by atoms with E-state index in [1.165, 1.54) is 18.4 Å². The molecular weight excluding hydrogens is 306 g/mol. The van der Waals surface area contributed by atoms with Crippen LogP contribution >= 0.6 is 0 Å². The molecule has 0 saturated heterocycles. The first-order valence-electron chi connectivity index (χ1n) is 7.30. The smallest absolute Gasteiger partial charge is 0.267 e. The monoisotopic (exact) mass is 323 g/mol. The van der Waals surface area contributed by atoms with E-state index in [1.54, 1.807) is 30.3 Å². The minimum atomic E-state index is -0.446. The van der Waals surface area contributed by atoms with Crippen LogP contribution in [0.2, 0.25) is 0 Å². The lowest BCUT2D eigenvalue weighted by atomic mass is 10.1. The molecule has 0 fully saturated rings. The highest BCUT2D eigenvalue weighted by Crippen LogP contribution is 2.18. The predicted octanol–water partition coefficient (Wildman–Crippen LogP) is 3.64. The average Bonchev–Trinajstić information content (AvgIpc) is 2.54. The van der Waals surface area contributed by atoms with Crippen LogP contribution in [0.25, 0.3) is 6.08 Å². The molecule has 122 valence electrons. The number of nitrogens with one attached hydrogen (secondary N) is 1. The highest BCUT2D eigenvalue weighted by Gasteiger charge is 2.09. The summed E-state index contributed by atoms with van der Waals surface area (Å²) in [6.07, 6.45) is 4.47. The Hall–Kier alpha value is -3.28. The summed E-state index contributed by atoms with van der Waals surface area (Å²) in [5.74, 6) is -0.303. The Morgan fingerprint density at radius 2 is 1.96 bits per heavy atom. The fourth-order valence-electron chi connectivity index (χ4n) is 2.21. The van der Waals surface area contributed by atoms with Crippen LogP contribution in [0.15, 0.2) is 53.6 Å². The van der Waals surface area contributed by atoms with Gasteiger partial charge < -0.3 is 0 Å². The van der Waals surface area contributed by atoms with Gasteiger partial charge in [0.05, 0.1) is 10.5 Å². The van der Waals surface area contributed by atoms with Gasteiger partial charge in [-0.25, -0.2) is 5.43 Å². The zero-order chi connectivity index (χ0) is 17.5. The summed E-state index contributed by atoms with van der Waals surface area (Å²) in [7, 11) is 0. The van der Waals surface area contributed by atoms with Crippen LogP contribution in [0.4, 0.5) is 5.69 Å². The van der Waals surface area contributed by atoms with E-state index < -0.39 is 4.92 Å². The lowest BCUT2D eigenvalue weighted by molar-refractivity contribution is -0.385. The molecule has 0 radical (unpaired) electrons. The number of nitro groups is 1. The van der Waals surface area contributed by atoms with Crippen molar-refractivity contribution >= 4 is 23.9 Å². The molecule has 0 unspecified atom stereocenters. The van der Waals surface area contributed by atoms with Crippen molar-refractivity contribution in [2.24, 2.45) is 5.10 Å². The number of para-hydroxylation sites is 1. The highest BCUT2D eigenvalue weighted by molar-refractivity contribution is 5.96. The molecule has 0 aliphatic rings. The van der Waals surface area contributed by atoms with Gasteiger partial charge in [-0.3, -0.25) is 14.9 Å².